The van der Waals surface area contributed by atoms with Crippen LogP contribution in [0.15, 0.2) is 65.0 Å². The molecular weight excluding hydrogens is 466 g/mol. The van der Waals surface area contributed by atoms with Gasteiger partial charge < -0.3 is 19.5 Å². The molecule has 6 nitrogen and oxygen atoms in total. The number of ketones is 1. The number of carbonyl (C=O) groups excluding carboxylic acids is 2. The highest BCUT2D eigenvalue weighted by molar-refractivity contribution is 6.30. The van der Waals surface area contributed by atoms with Crippen molar-refractivity contribution in [1.29, 1.82) is 0 Å². The Morgan fingerprint density at radius 1 is 1.06 bits per heavy atom. The van der Waals surface area contributed by atoms with Gasteiger partial charge in [0.25, 0.3) is 0 Å². The third-order valence-electron chi connectivity index (χ3n) is 6.48. The molecule has 1 aliphatic heterocycles. The van der Waals surface area contributed by atoms with E-state index in [4.69, 9.17) is 25.8 Å². The first-order chi connectivity index (χ1) is 16.7. The molecular formula is C28H30ClNO5. The molecule has 0 spiro atoms. The van der Waals surface area contributed by atoms with E-state index in [1.54, 1.807) is 34.1 Å². The van der Waals surface area contributed by atoms with E-state index in [9.17, 15) is 9.59 Å². The number of esters is 1. The zero-order valence-corrected chi connectivity index (χ0v) is 21.4. The number of rotatable bonds is 6. The van der Waals surface area contributed by atoms with Crippen molar-refractivity contribution in [3.63, 3.8) is 0 Å². The van der Waals surface area contributed by atoms with Gasteiger partial charge in [0.2, 0.25) is 0 Å². The van der Waals surface area contributed by atoms with E-state index in [0.717, 1.165) is 16.8 Å². The third-order valence-corrected chi connectivity index (χ3v) is 6.74. The highest BCUT2D eigenvalue weighted by atomic mass is 35.5. The Morgan fingerprint density at radius 3 is 2.40 bits per heavy atom. The van der Waals surface area contributed by atoms with Crippen LogP contribution < -0.4 is 14.8 Å². The van der Waals surface area contributed by atoms with Crippen LogP contribution in [0.25, 0.3) is 0 Å². The van der Waals surface area contributed by atoms with E-state index in [1.807, 2.05) is 43.3 Å². The van der Waals surface area contributed by atoms with Crippen molar-refractivity contribution in [2.75, 3.05) is 14.2 Å². The van der Waals surface area contributed by atoms with Crippen LogP contribution >= 0.6 is 11.6 Å². The van der Waals surface area contributed by atoms with E-state index in [1.165, 1.54) is 0 Å². The first-order valence-electron chi connectivity index (χ1n) is 11.7. The summed E-state index contributed by atoms with van der Waals surface area (Å²) >= 11 is 6.07. The Balaban J connectivity index is 1.84. The molecule has 0 bridgehead atoms. The normalized spacial score (nSPS) is 19.9. The van der Waals surface area contributed by atoms with Gasteiger partial charge in [-0.25, -0.2) is 4.79 Å². The van der Waals surface area contributed by atoms with Gasteiger partial charge in [0.1, 0.15) is 11.5 Å². The van der Waals surface area contributed by atoms with Gasteiger partial charge in [-0.05, 0) is 56.9 Å². The summed E-state index contributed by atoms with van der Waals surface area (Å²) in [6.07, 6.45) is 0.678. The van der Waals surface area contributed by atoms with Crippen LogP contribution in [0.5, 0.6) is 11.5 Å². The fourth-order valence-electron chi connectivity index (χ4n) is 4.93. The number of methoxy groups -OCH3 is 2. The largest absolute Gasteiger partial charge is 0.497 e. The van der Waals surface area contributed by atoms with Crippen molar-refractivity contribution in [2.45, 2.75) is 51.6 Å². The molecule has 0 fully saturated rings. The van der Waals surface area contributed by atoms with Gasteiger partial charge in [-0.1, -0.05) is 29.8 Å². The fraction of sp³-hybridized carbons (Fsp3) is 0.357. The molecule has 2 aliphatic rings. The lowest BCUT2D eigenvalue weighted by Crippen LogP contribution is -2.36. The van der Waals surface area contributed by atoms with Gasteiger partial charge in [0.05, 0.1) is 31.8 Å². The number of ether oxygens (including phenoxy) is 3. The predicted octanol–water partition coefficient (Wildman–Crippen LogP) is 5.67. The summed E-state index contributed by atoms with van der Waals surface area (Å²) in [5, 5.41) is 4.03. The smallest absolute Gasteiger partial charge is 0.337 e. The monoisotopic (exact) mass is 495 g/mol. The molecule has 0 saturated carbocycles. The highest BCUT2D eigenvalue weighted by Gasteiger charge is 2.42. The van der Waals surface area contributed by atoms with Gasteiger partial charge in [-0.2, -0.15) is 0 Å². The van der Waals surface area contributed by atoms with Gasteiger partial charge in [0.15, 0.2) is 5.78 Å². The quantitative estimate of drug-likeness (QED) is 0.520. The number of hydrogen-bond donors (Lipinski definition) is 1. The Kier molecular flexibility index (Phi) is 7.22. The SMILES string of the molecule is COc1ccc(C2C(C(=O)OC(C)C)=C(C)NC3=C2C(=O)CC(c2ccc(Cl)cc2)C3)c(OC)c1. The Labute approximate surface area is 210 Å². The van der Waals surface area contributed by atoms with Crippen molar-refractivity contribution in [2.24, 2.45) is 0 Å². The van der Waals surface area contributed by atoms with E-state index < -0.39 is 11.9 Å². The minimum Gasteiger partial charge on any atom is -0.497 e. The van der Waals surface area contributed by atoms with Gasteiger partial charge >= 0.3 is 5.97 Å². The molecule has 2 aromatic carbocycles. The molecule has 1 aliphatic carbocycles. The Hall–Kier alpha value is -3.25. The Bertz CT molecular complexity index is 1210. The second-order valence-electron chi connectivity index (χ2n) is 9.13. The van der Waals surface area contributed by atoms with Crippen LogP contribution in [0.1, 0.15) is 56.6 Å². The van der Waals surface area contributed by atoms with Gasteiger partial charge in [-0.15, -0.1) is 0 Å². The van der Waals surface area contributed by atoms with Crippen molar-refractivity contribution in [3.8, 4) is 11.5 Å². The van der Waals surface area contributed by atoms with Crippen LogP contribution in [-0.2, 0) is 14.3 Å². The summed E-state index contributed by atoms with van der Waals surface area (Å²) in [6.45, 7) is 5.46. The molecule has 2 aromatic rings. The molecule has 7 heteroatoms. The van der Waals surface area contributed by atoms with Crippen LogP contribution in [0.3, 0.4) is 0 Å². The van der Waals surface area contributed by atoms with Crippen LogP contribution in [0.2, 0.25) is 5.02 Å². The van der Waals surface area contributed by atoms with Crippen molar-refractivity contribution < 1.29 is 23.8 Å². The molecule has 184 valence electrons. The number of nitrogens with one attached hydrogen (secondary N) is 1. The van der Waals surface area contributed by atoms with Crippen LogP contribution in [-0.4, -0.2) is 32.1 Å². The molecule has 0 amide bonds. The standard InChI is InChI=1S/C28H30ClNO5/c1-15(2)35-28(32)25-16(3)30-22-12-18(17-6-8-19(29)9-7-17)13-23(31)27(22)26(25)21-11-10-20(33-4)14-24(21)34-5/h6-11,14-15,18,26,30H,12-13H2,1-5H3. The number of dihydropyridines is 1. The Morgan fingerprint density at radius 2 is 1.77 bits per heavy atom. The molecule has 0 radical (unpaired) electrons. The number of hydrogen-bond acceptors (Lipinski definition) is 6. The molecule has 2 unspecified atom stereocenters. The maximum absolute atomic E-state index is 13.7. The minimum absolute atomic E-state index is 0.0103. The average Bonchev–Trinajstić information content (AvgIpc) is 2.82. The third kappa shape index (κ3) is 4.94. The number of benzene rings is 2. The van der Waals surface area contributed by atoms with E-state index >= 15 is 0 Å². The maximum atomic E-state index is 13.7. The van der Waals surface area contributed by atoms with Crippen molar-refractivity contribution in [1.82, 2.24) is 5.32 Å². The minimum atomic E-state index is -0.614. The summed E-state index contributed by atoms with van der Waals surface area (Å²) in [5.41, 5.74) is 4.26. The highest BCUT2D eigenvalue weighted by Crippen LogP contribution is 2.48. The van der Waals surface area contributed by atoms with E-state index in [-0.39, 0.29) is 17.8 Å². The second-order valence-corrected chi connectivity index (χ2v) is 9.57. The first-order valence-corrected chi connectivity index (χ1v) is 12.0. The topological polar surface area (TPSA) is 73.9 Å². The molecule has 1 heterocycles. The number of Topliss-reactive ketones (excluding diaryl/α,β-unsaturated/α-hetero) is 1. The number of allylic oxidation sites excluding steroid dienone is 3. The lowest BCUT2D eigenvalue weighted by atomic mass is 9.71. The summed E-state index contributed by atoms with van der Waals surface area (Å²) < 4.78 is 16.6. The summed E-state index contributed by atoms with van der Waals surface area (Å²) in [5.74, 6) is 0.103. The predicted molar refractivity (Wildman–Crippen MR) is 135 cm³/mol. The summed E-state index contributed by atoms with van der Waals surface area (Å²) in [4.78, 5) is 27.0. The van der Waals surface area contributed by atoms with Crippen LogP contribution in [0, 0.1) is 0 Å². The van der Waals surface area contributed by atoms with Crippen LogP contribution in [0.4, 0.5) is 0 Å². The van der Waals surface area contributed by atoms with E-state index in [0.29, 0.717) is 46.2 Å². The molecule has 1 N–H and O–H groups in total. The van der Waals surface area contributed by atoms with Gasteiger partial charge in [0, 0.05) is 40.0 Å². The molecule has 0 saturated heterocycles. The zero-order valence-electron chi connectivity index (χ0n) is 20.6. The average molecular weight is 496 g/mol. The molecule has 4 rings (SSSR count). The number of halogens is 1. The van der Waals surface area contributed by atoms with Crippen molar-refractivity contribution in [3.05, 3.63) is 81.2 Å². The summed E-state index contributed by atoms with van der Waals surface area (Å²) in [7, 11) is 3.15. The lowest BCUT2D eigenvalue weighted by Gasteiger charge is -2.37. The summed E-state index contributed by atoms with van der Waals surface area (Å²) in [6, 6.07) is 13.0. The maximum Gasteiger partial charge on any atom is 0.337 e. The van der Waals surface area contributed by atoms with Crippen molar-refractivity contribution >= 4 is 23.4 Å². The van der Waals surface area contributed by atoms with Gasteiger partial charge in [-0.3, -0.25) is 4.79 Å². The fourth-order valence-corrected chi connectivity index (χ4v) is 5.05. The van der Waals surface area contributed by atoms with E-state index in [2.05, 4.69) is 5.32 Å². The molecule has 35 heavy (non-hydrogen) atoms. The molecule has 2 atom stereocenters. The first kappa shape index (κ1) is 24.9. The zero-order chi connectivity index (χ0) is 25.3. The second kappa shape index (κ2) is 10.2. The molecule has 0 aromatic heterocycles. The lowest BCUT2D eigenvalue weighted by molar-refractivity contribution is -0.143. The number of carbonyl (C=O) groups is 2.